The monoisotopic (exact) mass is 351 g/mol. The maximum Gasteiger partial charge on any atom is 0.225 e. The summed E-state index contributed by atoms with van der Waals surface area (Å²) in [6.45, 7) is 3.61. The lowest BCUT2D eigenvalue weighted by molar-refractivity contribution is -0.134. The van der Waals surface area contributed by atoms with Gasteiger partial charge in [-0.3, -0.25) is 4.79 Å². The van der Waals surface area contributed by atoms with Gasteiger partial charge in [0.2, 0.25) is 5.91 Å². The van der Waals surface area contributed by atoms with Crippen molar-refractivity contribution in [1.82, 2.24) is 9.88 Å². The number of pyridine rings is 1. The largest absolute Gasteiger partial charge is 0.490 e. The molecule has 1 aromatic heterocycles. The van der Waals surface area contributed by atoms with E-state index in [1.54, 1.807) is 6.20 Å². The molecule has 7 heteroatoms. The van der Waals surface area contributed by atoms with E-state index >= 15 is 0 Å². The average Bonchev–Trinajstić information content (AvgIpc) is 3.01. The second kappa shape index (κ2) is 6.76. The predicted molar refractivity (Wildman–Crippen MR) is 90.7 cm³/mol. The minimum Gasteiger partial charge on any atom is -0.490 e. The highest BCUT2D eigenvalue weighted by Gasteiger charge is 2.34. The molecule has 130 valence electrons. The lowest BCUT2D eigenvalue weighted by Gasteiger charge is -2.41. The molecule has 2 saturated heterocycles. The molecule has 1 amide bonds. The van der Waals surface area contributed by atoms with E-state index in [2.05, 4.69) is 9.88 Å². The van der Waals surface area contributed by atoms with E-state index in [0.717, 1.165) is 50.5 Å². The highest BCUT2D eigenvalue weighted by molar-refractivity contribution is 6.30. The maximum absolute atomic E-state index is 12.6. The summed E-state index contributed by atoms with van der Waals surface area (Å²) in [5.41, 5.74) is 0. The first-order chi connectivity index (χ1) is 11.7. The minimum atomic E-state index is 0.109. The number of anilines is 1. The van der Waals surface area contributed by atoms with Gasteiger partial charge in [-0.15, -0.1) is 0 Å². The molecule has 4 heterocycles. The Morgan fingerprint density at radius 3 is 3.08 bits per heavy atom. The Bertz CT molecular complexity index is 621. The Morgan fingerprint density at radius 1 is 1.33 bits per heavy atom. The molecule has 0 spiro atoms. The topological polar surface area (TPSA) is 54.9 Å². The second-order valence-corrected chi connectivity index (χ2v) is 7.07. The fourth-order valence-electron chi connectivity index (χ4n) is 3.78. The van der Waals surface area contributed by atoms with Gasteiger partial charge in [0.15, 0.2) is 11.6 Å². The molecule has 0 aliphatic carbocycles. The first-order valence-electron chi connectivity index (χ1n) is 8.65. The second-order valence-electron chi connectivity index (χ2n) is 6.64. The molecular weight excluding hydrogens is 330 g/mol. The van der Waals surface area contributed by atoms with Crippen LogP contribution in [-0.2, 0) is 9.53 Å². The van der Waals surface area contributed by atoms with E-state index in [0.29, 0.717) is 24.6 Å². The molecule has 2 atom stereocenters. The summed E-state index contributed by atoms with van der Waals surface area (Å²) < 4.78 is 11.4. The first-order valence-corrected chi connectivity index (χ1v) is 9.03. The van der Waals surface area contributed by atoms with Crippen LogP contribution in [0.5, 0.6) is 5.75 Å². The van der Waals surface area contributed by atoms with Crippen molar-refractivity contribution >= 4 is 23.3 Å². The number of piperazine rings is 1. The number of hydrogen-bond acceptors (Lipinski definition) is 5. The normalized spacial score (nSPS) is 26.4. The van der Waals surface area contributed by atoms with Crippen LogP contribution in [0.15, 0.2) is 12.3 Å². The Kier molecular flexibility index (Phi) is 4.50. The number of halogens is 1. The molecular formula is C17H22ClN3O3. The quantitative estimate of drug-likeness (QED) is 0.816. The van der Waals surface area contributed by atoms with Crippen molar-refractivity contribution in [3.05, 3.63) is 17.3 Å². The summed E-state index contributed by atoms with van der Waals surface area (Å²) >= 11 is 6.03. The molecule has 2 unspecified atom stereocenters. The average molecular weight is 352 g/mol. The number of carbonyl (C=O) groups excluding carboxylic acids is 1. The zero-order valence-electron chi connectivity index (χ0n) is 13.6. The van der Waals surface area contributed by atoms with Crippen molar-refractivity contribution in [2.75, 3.05) is 37.7 Å². The summed E-state index contributed by atoms with van der Waals surface area (Å²) in [6, 6.07) is 2.06. The van der Waals surface area contributed by atoms with E-state index < -0.39 is 0 Å². The summed E-state index contributed by atoms with van der Waals surface area (Å²) in [7, 11) is 0. The van der Waals surface area contributed by atoms with E-state index in [1.807, 2.05) is 11.0 Å². The van der Waals surface area contributed by atoms with Crippen LogP contribution in [0.1, 0.15) is 25.7 Å². The van der Waals surface area contributed by atoms with Crippen molar-refractivity contribution in [2.24, 2.45) is 0 Å². The molecule has 3 aliphatic heterocycles. The third-order valence-electron chi connectivity index (χ3n) is 5.04. The molecule has 3 aliphatic rings. The minimum absolute atomic E-state index is 0.109. The van der Waals surface area contributed by atoms with Crippen LogP contribution in [0.2, 0.25) is 5.02 Å². The molecule has 0 N–H and O–H groups in total. The number of nitrogens with zero attached hydrogens (tertiary/aromatic N) is 3. The van der Waals surface area contributed by atoms with Crippen molar-refractivity contribution in [2.45, 2.75) is 37.8 Å². The van der Waals surface area contributed by atoms with Gasteiger partial charge in [0, 0.05) is 44.9 Å². The Balaban J connectivity index is 1.45. The molecule has 6 nitrogen and oxygen atoms in total. The van der Waals surface area contributed by atoms with Gasteiger partial charge in [0.1, 0.15) is 0 Å². The molecule has 0 radical (unpaired) electrons. The van der Waals surface area contributed by atoms with Gasteiger partial charge in [0.05, 0.1) is 30.2 Å². The zero-order chi connectivity index (χ0) is 16.5. The number of rotatable bonds is 2. The molecule has 0 saturated carbocycles. The van der Waals surface area contributed by atoms with E-state index in [-0.39, 0.29) is 18.1 Å². The Morgan fingerprint density at radius 2 is 2.25 bits per heavy atom. The van der Waals surface area contributed by atoms with E-state index in [1.165, 1.54) is 0 Å². The fourth-order valence-corrected chi connectivity index (χ4v) is 3.93. The maximum atomic E-state index is 12.6. The van der Waals surface area contributed by atoms with Crippen LogP contribution in [-0.4, -0.2) is 60.8 Å². The summed E-state index contributed by atoms with van der Waals surface area (Å²) in [6.07, 6.45) is 5.21. The first kappa shape index (κ1) is 16.0. The van der Waals surface area contributed by atoms with Crippen molar-refractivity contribution in [1.29, 1.82) is 0 Å². The van der Waals surface area contributed by atoms with Crippen molar-refractivity contribution < 1.29 is 14.3 Å². The highest BCUT2D eigenvalue weighted by atomic mass is 35.5. The lowest BCUT2D eigenvalue weighted by Crippen LogP contribution is -2.55. The summed E-state index contributed by atoms with van der Waals surface area (Å²) in [5.74, 6) is 1.79. The van der Waals surface area contributed by atoms with Gasteiger partial charge < -0.3 is 19.3 Å². The molecule has 1 aromatic rings. The Labute approximate surface area is 146 Å². The summed E-state index contributed by atoms with van der Waals surface area (Å²) in [5, 5.41) is 0.581. The van der Waals surface area contributed by atoms with Crippen LogP contribution < -0.4 is 9.64 Å². The van der Waals surface area contributed by atoms with Crippen LogP contribution in [0.4, 0.5) is 5.82 Å². The molecule has 24 heavy (non-hydrogen) atoms. The third kappa shape index (κ3) is 3.17. The van der Waals surface area contributed by atoms with Gasteiger partial charge in [-0.2, -0.15) is 0 Å². The van der Waals surface area contributed by atoms with Gasteiger partial charge >= 0.3 is 0 Å². The van der Waals surface area contributed by atoms with Gasteiger partial charge in [-0.25, -0.2) is 4.98 Å². The number of ether oxygens (including phenoxy) is 2. The zero-order valence-corrected chi connectivity index (χ0v) is 14.4. The number of aromatic nitrogens is 1. The predicted octanol–water partition coefficient (Wildman–Crippen LogP) is 2.10. The molecule has 0 bridgehead atoms. The molecule has 4 rings (SSSR count). The lowest BCUT2D eigenvalue weighted by atomic mass is 10.1. The number of amides is 1. The fraction of sp³-hybridized carbons (Fsp3) is 0.647. The molecule has 0 aromatic carbocycles. The number of hydrogen-bond donors (Lipinski definition) is 0. The molecule has 2 fully saturated rings. The van der Waals surface area contributed by atoms with Crippen LogP contribution in [0.25, 0.3) is 0 Å². The smallest absolute Gasteiger partial charge is 0.225 e. The van der Waals surface area contributed by atoms with Crippen molar-refractivity contribution in [3.63, 3.8) is 0 Å². The van der Waals surface area contributed by atoms with E-state index in [9.17, 15) is 4.79 Å². The van der Waals surface area contributed by atoms with Crippen LogP contribution >= 0.6 is 11.6 Å². The van der Waals surface area contributed by atoms with Crippen LogP contribution in [0, 0.1) is 0 Å². The number of fused-ring (bicyclic) bond motifs is 3. The van der Waals surface area contributed by atoms with Crippen molar-refractivity contribution in [3.8, 4) is 5.75 Å². The third-order valence-corrected chi connectivity index (χ3v) is 5.25. The van der Waals surface area contributed by atoms with E-state index in [4.69, 9.17) is 21.1 Å². The standard InChI is InChI=1S/C17H22ClN3O3/c18-12-8-15-17(19-10-12)21-5-4-20(11-13(21)3-7-24-15)16(22)9-14-2-1-6-23-14/h8,10,13-14H,1-7,9,11H2. The van der Waals surface area contributed by atoms with Crippen LogP contribution in [0.3, 0.4) is 0 Å². The highest BCUT2D eigenvalue weighted by Crippen LogP contribution is 2.34. The van der Waals surface area contributed by atoms with Gasteiger partial charge in [-0.1, -0.05) is 11.6 Å². The SMILES string of the molecule is O=C(CC1CCCO1)N1CCN2c3ncc(Cl)cc3OCCC2C1. The summed E-state index contributed by atoms with van der Waals surface area (Å²) in [4.78, 5) is 21.3. The van der Waals surface area contributed by atoms with Gasteiger partial charge in [0.25, 0.3) is 0 Å². The Hall–Kier alpha value is -1.53. The van der Waals surface area contributed by atoms with Gasteiger partial charge in [-0.05, 0) is 12.8 Å². The number of carbonyl (C=O) groups is 1.